The maximum Gasteiger partial charge on any atom is 0.203 e. The summed E-state index contributed by atoms with van der Waals surface area (Å²) in [5.41, 5.74) is 2.87. The van der Waals surface area contributed by atoms with Crippen molar-refractivity contribution in [1.82, 2.24) is 0 Å². The normalized spacial score (nSPS) is 11.0. The lowest BCUT2D eigenvalue weighted by Gasteiger charge is -2.06. The smallest absolute Gasteiger partial charge is 0.203 e. The molecule has 2 nitrogen and oxygen atoms in total. The fraction of sp³-hybridized carbons (Fsp3) is 0. The predicted octanol–water partition coefficient (Wildman–Crippen LogP) is 8.56. The average Bonchev–Trinajstić information content (AvgIpc) is 3.29. The third-order valence-corrected chi connectivity index (χ3v) is 7.63. The van der Waals surface area contributed by atoms with Crippen LogP contribution in [0.5, 0.6) is 0 Å². The van der Waals surface area contributed by atoms with Crippen molar-refractivity contribution in [2.24, 2.45) is 0 Å². The van der Waals surface area contributed by atoms with Gasteiger partial charge in [0.25, 0.3) is 0 Å². The van der Waals surface area contributed by atoms with Gasteiger partial charge < -0.3 is 0 Å². The fourth-order valence-electron chi connectivity index (χ4n) is 3.72. The van der Waals surface area contributed by atoms with E-state index in [1.807, 2.05) is 54.6 Å². The zero-order chi connectivity index (χ0) is 22.9. The van der Waals surface area contributed by atoms with Gasteiger partial charge in [-0.2, -0.15) is 0 Å². The van der Waals surface area contributed by atoms with Crippen LogP contribution in [0.15, 0.2) is 106 Å². The Bertz CT molecular complexity index is 1500. The van der Waals surface area contributed by atoms with Crippen LogP contribution >= 0.6 is 43.2 Å². The third-order valence-electron chi connectivity index (χ3n) is 5.44. The highest BCUT2D eigenvalue weighted by Crippen LogP contribution is 2.36. The van der Waals surface area contributed by atoms with Gasteiger partial charge in [0.1, 0.15) is 0 Å². The minimum atomic E-state index is -0.0932. The van der Waals surface area contributed by atoms with Crippen LogP contribution in [-0.2, 0) is 0 Å². The largest absolute Gasteiger partial charge is 0.288 e. The van der Waals surface area contributed by atoms with Crippen molar-refractivity contribution in [3.63, 3.8) is 0 Å². The highest BCUT2D eigenvalue weighted by molar-refractivity contribution is 9.10. The molecule has 0 spiro atoms. The lowest BCUT2D eigenvalue weighted by Crippen LogP contribution is -2.00. The first-order valence-electron chi connectivity index (χ1n) is 10.2. The van der Waals surface area contributed by atoms with E-state index in [9.17, 15) is 9.59 Å². The second kappa shape index (κ2) is 9.18. The summed E-state index contributed by atoms with van der Waals surface area (Å²) in [6.07, 6.45) is 0. The van der Waals surface area contributed by atoms with Crippen molar-refractivity contribution >= 4 is 65.5 Å². The zero-order valence-corrected chi connectivity index (χ0v) is 21.2. The highest BCUT2D eigenvalue weighted by atomic mass is 79.9. The number of halogens is 2. The minimum Gasteiger partial charge on any atom is -0.288 e. The Hall–Kier alpha value is -2.86. The van der Waals surface area contributed by atoms with Gasteiger partial charge in [-0.15, -0.1) is 11.3 Å². The summed E-state index contributed by atoms with van der Waals surface area (Å²) in [5.74, 6) is -0.185. The molecule has 5 aromatic rings. The highest BCUT2D eigenvalue weighted by Gasteiger charge is 2.23. The number of ketones is 2. The SMILES string of the molecule is O=C(c1ccc(Br)cc1)c1cc(-c2ccc3ccccc3c2)c(C(=O)c2ccc(Br)cc2)s1. The molecule has 0 aliphatic rings. The predicted molar refractivity (Wildman–Crippen MR) is 142 cm³/mol. The van der Waals surface area contributed by atoms with Crippen LogP contribution in [0.3, 0.4) is 0 Å². The number of fused-ring (bicyclic) bond motifs is 1. The molecule has 0 N–H and O–H groups in total. The third kappa shape index (κ3) is 4.49. The van der Waals surface area contributed by atoms with Gasteiger partial charge >= 0.3 is 0 Å². The summed E-state index contributed by atoms with van der Waals surface area (Å²) < 4.78 is 1.82. The molecule has 0 aliphatic heterocycles. The topological polar surface area (TPSA) is 34.1 Å². The van der Waals surface area contributed by atoms with Crippen molar-refractivity contribution in [2.75, 3.05) is 0 Å². The maximum absolute atomic E-state index is 13.5. The number of thiophene rings is 1. The molecule has 33 heavy (non-hydrogen) atoms. The van der Waals surface area contributed by atoms with Crippen molar-refractivity contribution in [1.29, 1.82) is 0 Å². The summed E-state index contributed by atoms with van der Waals surface area (Å²) in [7, 11) is 0. The second-order valence-electron chi connectivity index (χ2n) is 7.59. The van der Waals surface area contributed by atoms with Crippen LogP contribution in [0.25, 0.3) is 21.9 Å². The van der Waals surface area contributed by atoms with Crippen molar-refractivity contribution in [3.8, 4) is 11.1 Å². The van der Waals surface area contributed by atoms with E-state index in [-0.39, 0.29) is 11.6 Å². The van der Waals surface area contributed by atoms with E-state index in [1.54, 1.807) is 24.3 Å². The van der Waals surface area contributed by atoms with Crippen LogP contribution in [0.1, 0.15) is 30.5 Å². The Morgan fingerprint density at radius 2 is 1.18 bits per heavy atom. The Morgan fingerprint density at radius 1 is 0.606 bits per heavy atom. The van der Waals surface area contributed by atoms with Gasteiger partial charge in [-0.05, 0) is 77.0 Å². The van der Waals surface area contributed by atoms with E-state index >= 15 is 0 Å². The van der Waals surface area contributed by atoms with Gasteiger partial charge in [0.05, 0.1) is 9.75 Å². The lowest BCUT2D eigenvalue weighted by atomic mass is 9.98. The quantitative estimate of drug-likeness (QED) is 0.197. The number of hydrogen-bond donors (Lipinski definition) is 0. The summed E-state index contributed by atoms with van der Waals surface area (Å²) in [5, 5.41) is 2.22. The Kier molecular flexibility index (Phi) is 6.11. The van der Waals surface area contributed by atoms with Gasteiger partial charge in [0.15, 0.2) is 0 Å². The first-order chi connectivity index (χ1) is 16.0. The number of carbonyl (C=O) groups excluding carboxylic acids is 2. The van der Waals surface area contributed by atoms with Gasteiger partial charge in [-0.3, -0.25) is 9.59 Å². The molecule has 160 valence electrons. The van der Waals surface area contributed by atoms with Crippen molar-refractivity contribution in [2.45, 2.75) is 0 Å². The number of benzene rings is 4. The molecule has 0 bridgehead atoms. The summed E-state index contributed by atoms with van der Waals surface area (Å²) in [6.45, 7) is 0. The first kappa shape index (κ1) is 22.0. The van der Waals surface area contributed by atoms with Crippen LogP contribution in [0, 0.1) is 0 Å². The fourth-order valence-corrected chi connectivity index (χ4v) is 5.35. The second-order valence-corrected chi connectivity index (χ2v) is 10.5. The molecule has 1 heterocycles. The molecule has 0 saturated carbocycles. The molecule has 5 rings (SSSR count). The molecule has 5 heteroatoms. The van der Waals surface area contributed by atoms with E-state index in [0.717, 1.165) is 30.8 Å². The molecule has 1 aromatic heterocycles. The summed E-state index contributed by atoms with van der Waals surface area (Å²) in [6, 6.07) is 30.7. The maximum atomic E-state index is 13.5. The standard InChI is InChI=1S/C28H16Br2O2S/c29-22-11-7-18(8-12-22)26(31)25-16-24(21-6-5-17-3-1-2-4-20(17)15-21)28(33-25)27(32)19-9-13-23(30)14-10-19/h1-16H. The number of hydrogen-bond acceptors (Lipinski definition) is 3. The zero-order valence-electron chi connectivity index (χ0n) is 17.2. The van der Waals surface area contributed by atoms with Crippen LogP contribution < -0.4 is 0 Å². The molecule has 0 radical (unpaired) electrons. The number of rotatable bonds is 5. The van der Waals surface area contributed by atoms with Gasteiger partial charge in [0.2, 0.25) is 11.6 Å². The molecule has 0 saturated heterocycles. The van der Waals surface area contributed by atoms with Crippen LogP contribution in [0.2, 0.25) is 0 Å². The first-order valence-corrected chi connectivity index (χ1v) is 12.6. The Morgan fingerprint density at radius 3 is 1.82 bits per heavy atom. The molecule has 0 fully saturated rings. The summed E-state index contributed by atoms with van der Waals surface area (Å²) >= 11 is 8.08. The molecule has 4 aromatic carbocycles. The monoisotopic (exact) mass is 574 g/mol. The van der Waals surface area contributed by atoms with Crippen molar-refractivity contribution < 1.29 is 9.59 Å². The Balaban J connectivity index is 1.65. The van der Waals surface area contributed by atoms with Gasteiger partial charge in [-0.25, -0.2) is 0 Å². The van der Waals surface area contributed by atoms with E-state index in [4.69, 9.17) is 0 Å². The summed E-state index contributed by atoms with van der Waals surface area (Å²) in [4.78, 5) is 27.9. The molecular formula is C28H16Br2O2S. The molecule has 0 atom stereocenters. The average molecular weight is 576 g/mol. The van der Waals surface area contributed by atoms with E-state index in [0.29, 0.717) is 20.9 Å². The van der Waals surface area contributed by atoms with E-state index in [1.165, 1.54) is 11.3 Å². The van der Waals surface area contributed by atoms with Crippen LogP contribution in [0.4, 0.5) is 0 Å². The van der Waals surface area contributed by atoms with E-state index in [2.05, 4.69) is 50.1 Å². The van der Waals surface area contributed by atoms with E-state index < -0.39 is 0 Å². The van der Waals surface area contributed by atoms with Crippen molar-refractivity contribution in [3.05, 3.63) is 127 Å². The van der Waals surface area contributed by atoms with Crippen LogP contribution in [-0.4, -0.2) is 11.6 Å². The lowest BCUT2D eigenvalue weighted by molar-refractivity contribution is 0.103. The molecule has 0 unspecified atom stereocenters. The van der Waals surface area contributed by atoms with Gasteiger partial charge in [-0.1, -0.05) is 68.3 Å². The number of carbonyl (C=O) groups is 2. The molecular weight excluding hydrogens is 560 g/mol. The minimum absolute atomic E-state index is 0.0921. The molecule has 0 amide bonds. The molecule has 0 aliphatic carbocycles. The van der Waals surface area contributed by atoms with Gasteiger partial charge in [0, 0.05) is 25.6 Å². The Labute approximate surface area is 212 Å².